The number of carbonyl (C=O) groups excluding carboxylic acids is 1. The lowest BCUT2D eigenvalue weighted by Gasteiger charge is -2.22. The van der Waals surface area contributed by atoms with Crippen LogP contribution in [0.25, 0.3) is 0 Å². The normalized spacial score (nSPS) is 10.8. The van der Waals surface area contributed by atoms with Crippen molar-refractivity contribution in [2.75, 3.05) is 6.54 Å². The monoisotopic (exact) mass is 323 g/mol. The van der Waals surface area contributed by atoms with Gasteiger partial charge in [0.2, 0.25) is 5.89 Å². The van der Waals surface area contributed by atoms with Crippen molar-refractivity contribution in [1.29, 1.82) is 0 Å². The molecule has 0 aliphatic rings. The van der Waals surface area contributed by atoms with E-state index in [9.17, 15) is 13.6 Å². The van der Waals surface area contributed by atoms with Gasteiger partial charge in [0.05, 0.1) is 18.8 Å². The van der Waals surface area contributed by atoms with Crippen LogP contribution in [0, 0.1) is 13.8 Å². The molecule has 124 valence electrons. The Morgan fingerprint density at radius 2 is 2.00 bits per heavy atom. The van der Waals surface area contributed by atoms with Gasteiger partial charge in [-0.1, -0.05) is 30.3 Å². The molecule has 0 bridgehead atoms. The van der Waals surface area contributed by atoms with Gasteiger partial charge in [-0.25, -0.2) is 18.6 Å². The Morgan fingerprint density at radius 3 is 2.57 bits per heavy atom. The Hall–Kier alpha value is -2.44. The van der Waals surface area contributed by atoms with Crippen LogP contribution in [0.15, 0.2) is 34.7 Å². The molecule has 1 N–H and O–H groups in total. The van der Waals surface area contributed by atoms with Crippen molar-refractivity contribution in [3.63, 3.8) is 0 Å². The minimum Gasteiger partial charge on any atom is -0.444 e. The molecule has 0 unspecified atom stereocenters. The summed E-state index contributed by atoms with van der Waals surface area (Å²) >= 11 is 0. The van der Waals surface area contributed by atoms with Crippen LogP contribution in [-0.2, 0) is 13.1 Å². The molecule has 2 amide bonds. The van der Waals surface area contributed by atoms with Crippen molar-refractivity contribution in [3.8, 4) is 0 Å². The molecule has 0 atom stereocenters. The van der Waals surface area contributed by atoms with Gasteiger partial charge in [-0.15, -0.1) is 0 Å². The molecular formula is C16H19F2N3O2. The second kappa shape index (κ2) is 7.71. The second-order valence-electron chi connectivity index (χ2n) is 5.17. The molecule has 1 heterocycles. The van der Waals surface area contributed by atoms with Crippen LogP contribution >= 0.6 is 0 Å². The number of aryl methyl sites for hydroxylation is 2. The van der Waals surface area contributed by atoms with Crippen LogP contribution in [0.1, 0.15) is 22.9 Å². The maximum absolute atomic E-state index is 12.7. The average Bonchev–Trinajstić information content (AvgIpc) is 2.83. The molecule has 1 aromatic carbocycles. The van der Waals surface area contributed by atoms with Gasteiger partial charge in [0, 0.05) is 6.54 Å². The van der Waals surface area contributed by atoms with Gasteiger partial charge in [-0.05, 0) is 19.4 Å². The summed E-state index contributed by atoms with van der Waals surface area (Å²) in [5.41, 5.74) is 1.52. The highest BCUT2D eigenvalue weighted by atomic mass is 19.3. The molecule has 5 nitrogen and oxygen atoms in total. The quantitative estimate of drug-likeness (QED) is 0.887. The zero-order chi connectivity index (χ0) is 16.8. The zero-order valence-corrected chi connectivity index (χ0v) is 13.1. The minimum absolute atomic E-state index is 0.0576. The van der Waals surface area contributed by atoms with Crippen molar-refractivity contribution >= 4 is 6.03 Å². The van der Waals surface area contributed by atoms with Crippen molar-refractivity contribution in [3.05, 3.63) is 53.2 Å². The number of aromatic nitrogens is 1. The van der Waals surface area contributed by atoms with Gasteiger partial charge < -0.3 is 14.6 Å². The topological polar surface area (TPSA) is 58.4 Å². The molecule has 0 aliphatic carbocycles. The second-order valence-corrected chi connectivity index (χ2v) is 5.17. The van der Waals surface area contributed by atoms with E-state index in [0.29, 0.717) is 11.7 Å². The maximum atomic E-state index is 12.7. The molecule has 0 fully saturated rings. The number of nitrogens with one attached hydrogen (secondary N) is 1. The van der Waals surface area contributed by atoms with E-state index in [2.05, 4.69) is 10.3 Å². The van der Waals surface area contributed by atoms with Crippen LogP contribution in [0.4, 0.5) is 13.6 Å². The number of oxazole rings is 1. The summed E-state index contributed by atoms with van der Waals surface area (Å²) < 4.78 is 30.8. The number of hydrogen-bond acceptors (Lipinski definition) is 3. The van der Waals surface area contributed by atoms with Gasteiger partial charge >= 0.3 is 6.03 Å². The van der Waals surface area contributed by atoms with Gasteiger partial charge in [-0.2, -0.15) is 0 Å². The van der Waals surface area contributed by atoms with Crippen LogP contribution in [-0.4, -0.2) is 28.9 Å². The Morgan fingerprint density at radius 1 is 1.30 bits per heavy atom. The fourth-order valence-corrected chi connectivity index (χ4v) is 2.07. The first-order valence-electron chi connectivity index (χ1n) is 7.23. The van der Waals surface area contributed by atoms with E-state index in [-0.39, 0.29) is 13.1 Å². The van der Waals surface area contributed by atoms with E-state index in [4.69, 9.17) is 4.42 Å². The first kappa shape index (κ1) is 16.9. The first-order chi connectivity index (χ1) is 11.0. The SMILES string of the molecule is Cc1nc(CNC(=O)N(Cc2ccccc2)CC(F)F)oc1C. The fraction of sp³-hybridized carbons (Fsp3) is 0.375. The number of rotatable bonds is 6. The number of nitrogens with zero attached hydrogens (tertiary/aromatic N) is 2. The molecule has 23 heavy (non-hydrogen) atoms. The summed E-state index contributed by atoms with van der Waals surface area (Å²) in [4.78, 5) is 17.4. The standard InChI is InChI=1S/C16H19F2N3O2/c1-11-12(2)23-15(20-11)8-19-16(22)21(10-14(17)18)9-13-6-4-3-5-7-13/h3-7,14H,8-10H2,1-2H3,(H,19,22). The number of carbonyl (C=O) groups is 1. The molecule has 0 saturated carbocycles. The number of hydrogen-bond donors (Lipinski definition) is 1. The summed E-state index contributed by atoms with van der Waals surface area (Å²) in [7, 11) is 0. The summed E-state index contributed by atoms with van der Waals surface area (Å²) in [6.45, 7) is 3.10. The largest absolute Gasteiger partial charge is 0.444 e. The van der Waals surface area contributed by atoms with Crippen molar-refractivity contribution < 1.29 is 18.0 Å². The van der Waals surface area contributed by atoms with Gasteiger partial charge in [0.15, 0.2) is 0 Å². The molecule has 7 heteroatoms. The highest BCUT2D eigenvalue weighted by Gasteiger charge is 2.19. The van der Waals surface area contributed by atoms with E-state index < -0.39 is 19.0 Å². The lowest BCUT2D eigenvalue weighted by atomic mass is 10.2. The molecule has 1 aromatic heterocycles. The minimum atomic E-state index is -2.60. The Kier molecular flexibility index (Phi) is 5.67. The maximum Gasteiger partial charge on any atom is 0.318 e. The van der Waals surface area contributed by atoms with E-state index in [1.807, 2.05) is 6.07 Å². The van der Waals surface area contributed by atoms with E-state index in [0.717, 1.165) is 16.2 Å². The third kappa shape index (κ3) is 5.05. The summed E-state index contributed by atoms with van der Waals surface area (Å²) in [5.74, 6) is 1.02. The van der Waals surface area contributed by atoms with E-state index in [1.54, 1.807) is 38.1 Å². The van der Waals surface area contributed by atoms with Gasteiger partial charge in [-0.3, -0.25) is 0 Å². The van der Waals surface area contributed by atoms with Crippen molar-refractivity contribution in [1.82, 2.24) is 15.2 Å². The van der Waals surface area contributed by atoms with Gasteiger partial charge in [0.1, 0.15) is 5.76 Å². The summed E-state index contributed by atoms with van der Waals surface area (Å²) in [5, 5.41) is 2.56. The number of benzene rings is 1. The predicted molar refractivity (Wildman–Crippen MR) is 81.1 cm³/mol. The van der Waals surface area contributed by atoms with Crippen LogP contribution < -0.4 is 5.32 Å². The Labute approximate surface area is 133 Å². The van der Waals surface area contributed by atoms with Crippen molar-refractivity contribution in [2.24, 2.45) is 0 Å². The van der Waals surface area contributed by atoms with E-state index >= 15 is 0 Å². The first-order valence-corrected chi connectivity index (χ1v) is 7.23. The highest BCUT2D eigenvalue weighted by molar-refractivity contribution is 5.74. The van der Waals surface area contributed by atoms with Gasteiger partial charge in [0.25, 0.3) is 6.43 Å². The predicted octanol–water partition coefficient (Wildman–Crippen LogP) is 3.27. The molecule has 0 saturated heterocycles. The fourth-order valence-electron chi connectivity index (χ4n) is 2.07. The molecule has 0 radical (unpaired) electrons. The van der Waals surface area contributed by atoms with E-state index in [1.165, 1.54) is 0 Å². The average molecular weight is 323 g/mol. The highest BCUT2D eigenvalue weighted by Crippen LogP contribution is 2.10. The number of urea groups is 1. The lowest BCUT2D eigenvalue weighted by Crippen LogP contribution is -2.41. The number of halogens is 2. The molecule has 2 rings (SSSR count). The molecule has 0 spiro atoms. The third-order valence-corrected chi connectivity index (χ3v) is 3.33. The zero-order valence-electron chi connectivity index (χ0n) is 13.1. The number of amides is 2. The van der Waals surface area contributed by atoms with Crippen molar-refractivity contribution in [2.45, 2.75) is 33.4 Å². The Balaban J connectivity index is 1.98. The summed E-state index contributed by atoms with van der Waals surface area (Å²) in [6, 6.07) is 8.41. The molecule has 2 aromatic rings. The van der Waals surface area contributed by atoms with Crippen LogP contribution in [0.2, 0.25) is 0 Å². The lowest BCUT2D eigenvalue weighted by molar-refractivity contribution is 0.0954. The number of alkyl halides is 2. The molecule has 0 aliphatic heterocycles. The molecular weight excluding hydrogens is 304 g/mol. The van der Waals surface area contributed by atoms with Crippen LogP contribution in [0.5, 0.6) is 0 Å². The smallest absolute Gasteiger partial charge is 0.318 e. The van der Waals surface area contributed by atoms with Crippen LogP contribution in [0.3, 0.4) is 0 Å². The Bertz CT molecular complexity index is 625. The summed E-state index contributed by atoms with van der Waals surface area (Å²) in [6.07, 6.45) is -2.60. The third-order valence-electron chi connectivity index (χ3n) is 3.33.